The van der Waals surface area contributed by atoms with Gasteiger partial charge in [0.05, 0.1) is 40.1 Å². The van der Waals surface area contributed by atoms with Crippen LogP contribution in [-0.2, 0) is 11.0 Å². The lowest BCUT2D eigenvalue weighted by molar-refractivity contribution is 0.0458. The number of carboxylic acid groups (broad SMARTS) is 1. The molecule has 1 fully saturated rings. The minimum Gasteiger partial charge on any atom is -0.465 e. The van der Waals surface area contributed by atoms with E-state index < -0.39 is 20.5 Å². The number of imidazole rings is 1. The molecule has 0 bridgehead atoms. The van der Waals surface area contributed by atoms with Gasteiger partial charge in [0.15, 0.2) is 8.32 Å². The fourth-order valence-corrected chi connectivity index (χ4v) is 5.11. The number of rotatable bonds is 3. The fourth-order valence-electron chi connectivity index (χ4n) is 3.44. The van der Waals surface area contributed by atoms with E-state index in [1.165, 1.54) is 4.90 Å². The van der Waals surface area contributed by atoms with Crippen LogP contribution in [0.15, 0.2) is 18.5 Å². The Hall–Kier alpha value is -1.72. The van der Waals surface area contributed by atoms with Crippen molar-refractivity contribution >= 4 is 48.6 Å². The van der Waals surface area contributed by atoms with Gasteiger partial charge in [-0.2, -0.15) is 0 Å². The van der Waals surface area contributed by atoms with Crippen molar-refractivity contribution in [1.82, 2.24) is 14.5 Å². The summed E-state index contributed by atoms with van der Waals surface area (Å²) in [5.74, 6) is 6.34. The van der Waals surface area contributed by atoms with Gasteiger partial charge in [0.1, 0.15) is 6.04 Å². The van der Waals surface area contributed by atoms with Crippen molar-refractivity contribution in [1.29, 1.82) is 0 Å². The first-order chi connectivity index (χ1) is 14.4. The van der Waals surface area contributed by atoms with E-state index in [0.29, 0.717) is 23.1 Å². The van der Waals surface area contributed by atoms with Crippen LogP contribution in [0.2, 0.25) is 28.2 Å². The maximum Gasteiger partial charge on any atom is 0.408 e. The third-order valence-corrected chi connectivity index (χ3v) is 11.5. The summed E-state index contributed by atoms with van der Waals surface area (Å²) >= 11 is 12.2. The van der Waals surface area contributed by atoms with Crippen LogP contribution in [0, 0.1) is 11.8 Å². The highest BCUT2D eigenvalue weighted by Gasteiger charge is 2.43. The van der Waals surface area contributed by atoms with E-state index in [0.717, 1.165) is 23.9 Å². The van der Waals surface area contributed by atoms with E-state index in [1.807, 2.05) is 4.57 Å². The van der Waals surface area contributed by atoms with Gasteiger partial charge in [0.25, 0.3) is 0 Å². The zero-order valence-electron chi connectivity index (χ0n) is 18.6. The fraction of sp³-hybridized carbons (Fsp3) is 0.545. The van der Waals surface area contributed by atoms with Crippen LogP contribution < -0.4 is 0 Å². The molecular weight excluding hydrogens is 453 g/mol. The lowest BCUT2D eigenvalue weighted by atomic mass is 10.00. The van der Waals surface area contributed by atoms with Crippen molar-refractivity contribution in [3.05, 3.63) is 28.5 Å². The number of nitrogens with zero attached hydrogens (tertiary/aromatic N) is 3. The van der Waals surface area contributed by atoms with Gasteiger partial charge in [-0.05, 0) is 43.1 Å². The molecule has 2 aromatic rings. The van der Waals surface area contributed by atoms with E-state index in [2.05, 4.69) is 50.7 Å². The first-order valence-corrected chi connectivity index (χ1v) is 14.0. The number of hydrogen-bond acceptors (Lipinski definition) is 3. The van der Waals surface area contributed by atoms with Crippen LogP contribution in [0.25, 0.3) is 11.0 Å². The third kappa shape index (κ3) is 5.20. The standard InChI is InChI=1S/C22H29Cl2N3O3Si/c1-22(2,3)31(4,5)30-20-9-7-11-27(21(28)29)18(20)8-6-10-26-14-25-17-12-15(23)16(24)13-19(17)26/h12-14,18,20H,7,9-11H2,1-5H3,(H,28,29)/t18-,20+/m1/s1. The van der Waals surface area contributed by atoms with Gasteiger partial charge >= 0.3 is 6.09 Å². The van der Waals surface area contributed by atoms with Crippen LogP contribution in [0.5, 0.6) is 0 Å². The van der Waals surface area contributed by atoms with E-state index in [4.69, 9.17) is 27.6 Å². The quantitative estimate of drug-likeness (QED) is 0.438. The highest BCUT2D eigenvalue weighted by Crippen LogP contribution is 2.39. The van der Waals surface area contributed by atoms with Crippen LogP contribution in [-0.4, -0.2) is 52.7 Å². The number of benzene rings is 1. The Bertz CT molecular complexity index is 1040. The lowest BCUT2D eigenvalue weighted by Gasteiger charge is -2.44. The molecule has 1 aromatic heterocycles. The molecule has 1 aliphatic heterocycles. The zero-order chi connectivity index (χ0) is 23.0. The second kappa shape index (κ2) is 9.03. The van der Waals surface area contributed by atoms with Crippen molar-refractivity contribution in [2.45, 2.75) is 70.4 Å². The topological polar surface area (TPSA) is 67.6 Å². The molecule has 0 aliphatic carbocycles. The number of hydrogen-bond donors (Lipinski definition) is 1. The van der Waals surface area contributed by atoms with E-state index in [-0.39, 0.29) is 11.1 Å². The van der Waals surface area contributed by atoms with E-state index in [1.54, 1.807) is 18.5 Å². The van der Waals surface area contributed by atoms with Crippen molar-refractivity contribution in [2.24, 2.45) is 0 Å². The molecule has 6 nitrogen and oxygen atoms in total. The largest absolute Gasteiger partial charge is 0.465 e. The van der Waals surface area contributed by atoms with Crippen LogP contribution in [0.1, 0.15) is 33.6 Å². The highest BCUT2D eigenvalue weighted by molar-refractivity contribution is 6.74. The first-order valence-electron chi connectivity index (χ1n) is 10.4. The Morgan fingerprint density at radius 1 is 1.32 bits per heavy atom. The normalized spacial score (nSPS) is 19.9. The average molecular weight is 482 g/mol. The SMILES string of the molecule is CC(C)(C)[Si](C)(C)O[C@H]1CCCN(C(=O)O)[C@@H]1C#CCn1cnc2cc(Cl)c(Cl)cc21. The minimum absolute atomic E-state index is 0.0345. The van der Waals surface area contributed by atoms with Crippen molar-refractivity contribution in [3.63, 3.8) is 0 Å². The molecule has 1 saturated heterocycles. The molecule has 9 heteroatoms. The Kier molecular flexibility index (Phi) is 6.97. The number of carbonyl (C=O) groups is 1. The summed E-state index contributed by atoms with van der Waals surface area (Å²) in [5.41, 5.74) is 1.57. The molecule has 1 aromatic carbocycles. The van der Waals surface area contributed by atoms with Crippen LogP contribution >= 0.6 is 23.2 Å². The summed E-state index contributed by atoms with van der Waals surface area (Å²) < 4.78 is 8.48. The maximum absolute atomic E-state index is 11.9. The Labute approximate surface area is 194 Å². The van der Waals surface area contributed by atoms with Crippen molar-refractivity contribution in [2.75, 3.05) is 6.54 Å². The predicted octanol–water partition coefficient (Wildman–Crippen LogP) is 5.88. The summed E-state index contributed by atoms with van der Waals surface area (Å²) in [6.07, 6.45) is 2.07. The van der Waals surface area contributed by atoms with Crippen LogP contribution in [0.3, 0.4) is 0 Å². The summed E-state index contributed by atoms with van der Waals surface area (Å²) in [5, 5.41) is 10.7. The van der Waals surface area contributed by atoms with Gasteiger partial charge in [-0.15, -0.1) is 0 Å². The number of likely N-dealkylation sites (tertiary alicyclic amines) is 1. The minimum atomic E-state index is -2.07. The lowest BCUT2D eigenvalue weighted by Crippen LogP contribution is -2.55. The first kappa shape index (κ1) is 23.9. The number of aromatic nitrogens is 2. The molecule has 2 atom stereocenters. The van der Waals surface area contributed by atoms with Crippen molar-refractivity contribution in [3.8, 4) is 11.8 Å². The monoisotopic (exact) mass is 481 g/mol. The van der Waals surface area contributed by atoms with Gasteiger partial charge in [0, 0.05) is 6.54 Å². The molecule has 31 heavy (non-hydrogen) atoms. The second-order valence-electron chi connectivity index (χ2n) is 9.43. The molecule has 0 unspecified atom stereocenters. The summed E-state index contributed by atoms with van der Waals surface area (Å²) in [4.78, 5) is 17.6. The van der Waals surface area contributed by atoms with Gasteiger partial charge in [0.2, 0.25) is 0 Å². The molecule has 0 saturated carbocycles. The molecule has 1 aliphatic rings. The molecule has 1 amide bonds. The average Bonchev–Trinajstić information content (AvgIpc) is 3.03. The Morgan fingerprint density at radius 3 is 2.65 bits per heavy atom. The maximum atomic E-state index is 11.9. The van der Waals surface area contributed by atoms with Gasteiger partial charge in [-0.25, -0.2) is 9.78 Å². The second-order valence-corrected chi connectivity index (χ2v) is 15.0. The summed E-state index contributed by atoms with van der Waals surface area (Å²) in [6.45, 7) is 11.7. The molecule has 168 valence electrons. The zero-order valence-corrected chi connectivity index (χ0v) is 21.1. The smallest absolute Gasteiger partial charge is 0.408 e. The van der Waals surface area contributed by atoms with E-state index >= 15 is 0 Å². The Balaban J connectivity index is 1.86. The predicted molar refractivity (Wildman–Crippen MR) is 127 cm³/mol. The molecule has 2 heterocycles. The summed E-state index contributed by atoms with van der Waals surface area (Å²) in [7, 11) is -2.07. The molecule has 1 N–H and O–H groups in total. The van der Waals surface area contributed by atoms with E-state index in [9.17, 15) is 9.90 Å². The van der Waals surface area contributed by atoms with Crippen LogP contribution in [0.4, 0.5) is 4.79 Å². The summed E-state index contributed by atoms with van der Waals surface area (Å²) in [6, 6.07) is 2.99. The number of piperidine rings is 1. The molecule has 0 radical (unpaired) electrons. The highest BCUT2D eigenvalue weighted by atomic mass is 35.5. The number of halogens is 2. The molecular formula is C22H29Cl2N3O3Si. The molecule has 0 spiro atoms. The Morgan fingerprint density at radius 2 is 2.00 bits per heavy atom. The number of amides is 1. The van der Waals surface area contributed by atoms with Gasteiger partial charge in [-0.1, -0.05) is 55.8 Å². The molecule has 3 rings (SSSR count). The number of fused-ring (bicyclic) bond motifs is 1. The van der Waals surface area contributed by atoms with Gasteiger partial charge < -0.3 is 14.1 Å². The van der Waals surface area contributed by atoms with Gasteiger partial charge in [-0.3, -0.25) is 4.90 Å². The van der Waals surface area contributed by atoms with Crippen molar-refractivity contribution < 1.29 is 14.3 Å². The third-order valence-electron chi connectivity index (χ3n) is 6.24.